The fourth-order valence-corrected chi connectivity index (χ4v) is 4.53. The van der Waals surface area contributed by atoms with E-state index in [9.17, 15) is 5.11 Å². The van der Waals surface area contributed by atoms with Gasteiger partial charge in [-0.05, 0) is 13.3 Å². The lowest BCUT2D eigenvalue weighted by atomic mass is 9.66. The van der Waals surface area contributed by atoms with Gasteiger partial charge >= 0.3 is 0 Å². The maximum atomic E-state index is 11.3. The lowest BCUT2D eigenvalue weighted by Gasteiger charge is -2.57. The Hall–Kier alpha value is -1.08. The maximum Gasteiger partial charge on any atom is 0.0796 e. The van der Waals surface area contributed by atoms with Crippen molar-refractivity contribution in [2.45, 2.75) is 38.0 Å². The first kappa shape index (κ1) is 15.4. The Morgan fingerprint density at radius 3 is 2.96 bits per heavy atom. The summed E-state index contributed by atoms with van der Waals surface area (Å²) in [6.07, 6.45) is 5.19. The number of likely N-dealkylation sites (tertiary alicyclic amines) is 1. The molecule has 4 atom stereocenters. The molecule has 3 saturated heterocycles. The number of aryl methyl sites for hydroxylation is 1. The van der Waals surface area contributed by atoms with Crippen molar-refractivity contribution in [3.63, 3.8) is 0 Å². The third-order valence-electron chi connectivity index (χ3n) is 5.89. The molecule has 6 heteroatoms. The number of aliphatic hydroxyl groups is 1. The Morgan fingerprint density at radius 1 is 1.26 bits per heavy atom. The van der Waals surface area contributed by atoms with Gasteiger partial charge in [0.05, 0.1) is 30.2 Å². The van der Waals surface area contributed by atoms with Crippen LogP contribution in [-0.4, -0.2) is 64.6 Å². The molecule has 0 amide bonds. The van der Waals surface area contributed by atoms with E-state index < -0.39 is 5.60 Å². The zero-order valence-corrected chi connectivity index (χ0v) is 13.6. The molecule has 3 aliphatic heterocycles. The minimum Gasteiger partial charge on any atom is -0.389 e. The Morgan fingerprint density at radius 2 is 2.09 bits per heavy atom. The van der Waals surface area contributed by atoms with Gasteiger partial charge in [0.1, 0.15) is 0 Å². The van der Waals surface area contributed by atoms with Crippen LogP contribution in [0, 0.1) is 18.8 Å². The first-order valence-corrected chi connectivity index (χ1v) is 8.57. The van der Waals surface area contributed by atoms with Crippen molar-refractivity contribution < 1.29 is 14.6 Å². The van der Waals surface area contributed by atoms with Crippen LogP contribution in [0.1, 0.15) is 24.2 Å². The Labute approximate surface area is 136 Å². The summed E-state index contributed by atoms with van der Waals surface area (Å²) in [5, 5.41) is 11.3. The molecule has 1 aromatic heterocycles. The largest absolute Gasteiger partial charge is 0.389 e. The highest BCUT2D eigenvalue weighted by molar-refractivity contribution is 5.11. The van der Waals surface area contributed by atoms with E-state index in [-0.39, 0.29) is 11.8 Å². The van der Waals surface area contributed by atoms with Crippen LogP contribution < -0.4 is 0 Å². The van der Waals surface area contributed by atoms with Crippen LogP contribution in [0.4, 0.5) is 0 Å². The lowest BCUT2D eigenvalue weighted by molar-refractivity contribution is -0.221. The van der Waals surface area contributed by atoms with Crippen molar-refractivity contribution in [1.29, 1.82) is 0 Å². The summed E-state index contributed by atoms with van der Waals surface area (Å²) in [5.74, 6) is 0.312. The molecule has 3 aliphatic rings. The van der Waals surface area contributed by atoms with Crippen LogP contribution in [0.5, 0.6) is 0 Å². The summed E-state index contributed by atoms with van der Waals surface area (Å²) >= 11 is 0. The van der Waals surface area contributed by atoms with Crippen molar-refractivity contribution in [1.82, 2.24) is 14.9 Å². The molecular weight excluding hydrogens is 294 g/mol. The molecule has 0 saturated carbocycles. The number of aromatic nitrogens is 2. The Kier molecular flexibility index (Phi) is 4.09. The third-order valence-corrected chi connectivity index (χ3v) is 5.89. The minimum absolute atomic E-state index is 0.149. The second-order valence-corrected chi connectivity index (χ2v) is 7.07. The summed E-state index contributed by atoms with van der Waals surface area (Å²) in [7, 11) is 0. The van der Waals surface area contributed by atoms with Gasteiger partial charge in [-0.2, -0.15) is 0 Å². The van der Waals surface area contributed by atoms with Gasteiger partial charge in [0.2, 0.25) is 0 Å². The molecule has 1 aromatic rings. The molecule has 0 unspecified atom stereocenters. The van der Waals surface area contributed by atoms with Crippen LogP contribution >= 0.6 is 0 Å². The van der Waals surface area contributed by atoms with E-state index in [4.69, 9.17) is 9.47 Å². The van der Waals surface area contributed by atoms with Gasteiger partial charge in [0.25, 0.3) is 0 Å². The number of nitrogens with zero attached hydrogens (tertiary/aromatic N) is 3. The molecule has 0 bridgehead atoms. The summed E-state index contributed by atoms with van der Waals surface area (Å²) in [6, 6.07) is 0.351. The van der Waals surface area contributed by atoms with E-state index in [2.05, 4.69) is 14.9 Å². The number of hydrogen-bond acceptors (Lipinski definition) is 6. The molecule has 126 valence electrons. The monoisotopic (exact) mass is 319 g/mol. The predicted molar refractivity (Wildman–Crippen MR) is 83.8 cm³/mol. The van der Waals surface area contributed by atoms with Gasteiger partial charge < -0.3 is 14.6 Å². The topological polar surface area (TPSA) is 67.7 Å². The van der Waals surface area contributed by atoms with Crippen molar-refractivity contribution in [2.24, 2.45) is 11.8 Å². The number of piperidine rings is 1. The van der Waals surface area contributed by atoms with E-state index in [0.29, 0.717) is 25.9 Å². The molecule has 3 fully saturated rings. The highest BCUT2D eigenvalue weighted by Crippen LogP contribution is 2.44. The second kappa shape index (κ2) is 6.09. The molecule has 4 rings (SSSR count). The summed E-state index contributed by atoms with van der Waals surface area (Å²) in [6.45, 7) is 6.35. The molecular formula is C17H25N3O3. The van der Waals surface area contributed by atoms with E-state index in [0.717, 1.165) is 43.9 Å². The van der Waals surface area contributed by atoms with Crippen LogP contribution in [0.25, 0.3) is 0 Å². The third kappa shape index (κ3) is 2.67. The number of hydrogen-bond donors (Lipinski definition) is 1. The highest BCUT2D eigenvalue weighted by Gasteiger charge is 2.55. The number of ether oxygens (including phenoxy) is 2. The maximum absolute atomic E-state index is 11.3. The van der Waals surface area contributed by atoms with E-state index in [1.165, 1.54) is 0 Å². The van der Waals surface area contributed by atoms with E-state index in [1.807, 2.05) is 6.92 Å². The molecule has 0 aromatic carbocycles. The first-order chi connectivity index (χ1) is 11.2. The number of rotatable bonds is 2. The van der Waals surface area contributed by atoms with Gasteiger partial charge in [0.15, 0.2) is 0 Å². The minimum atomic E-state index is -0.642. The van der Waals surface area contributed by atoms with Crippen molar-refractivity contribution >= 4 is 0 Å². The standard InChI is InChI=1S/C17H25N3O3/c1-12-15(19-5-4-18-12)9-20-8-13-10-23-7-3-17(13,21)14-11-22-6-2-16(14)20/h4-5,13-14,16,21H,2-3,6-11H2,1H3/t13-,14+,16-,17-/m0/s1. The average molecular weight is 319 g/mol. The predicted octanol–water partition coefficient (Wildman–Crippen LogP) is 0.773. The zero-order chi connectivity index (χ0) is 15.9. The van der Waals surface area contributed by atoms with Crippen molar-refractivity contribution in [3.8, 4) is 0 Å². The fourth-order valence-electron chi connectivity index (χ4n) is 4.53. The summed E-state index contributed by atoms with van der Waals surface area (Å²) in [4.78, 5) is 11.3. The van der Waals surface area contributed by atoms with Crippen LogP contribution in [-0.2, 0) is 16.0 Å². The molecule has 1 N–H and O–H groups in total. The first-order valence-electron chi connectivity index (χ1n) is 8.57. The van der Waals surface area contributed by atoms with Gasteiger partial charge in [0, 0.05) is 63.0 Å². The molecule has 0 spiro atoms. The smallest absolute Gasteiger partial charge is 0.0796 e. The van der Waals surface area contributed by atoms with Crippen LogP contribution in [0.15, 0.2) is 12.4 Å². The van der Waals surface area contributed by atoms with Crippen LogP contribution in [0.3, 0.4) is 0 Å². The van der Waals surface area contributed by atoms with Crippen molar-refractivity contribution in [2.75, 3.05) is 33.0 Å². The summed E-state index contributed by atoms with van der Waals surface area (Å²) in [5.41, 5.74) is 1.37. The Balaban J connectivity index is 1.61. The number of fused-ring (bicyclic) bond motifs is 3. The fraction of sp³-hybridized carbons (Fsp3) is 0.765. The van der Waals surface area contributed by atoms with Gasteiger partial charge in [-0.15, -0.1) is 0 Å². The van der Waals surface area contributed by atoms with E-state index >= 15 is 0 Å². The van der Waals surface area contributed by atoms with Crippen molar-refractivity contribution in [3.05, 3.63) is 23.8 Å². The summed E-state index contributed by atoms with van der Waals surface area (Å²) < 4.78 is 11.4. The van der Waals surface area contributed by atoms with Gasteiger partial charge in [-0.3, -0.25) is 14.9 Å². The normalized spacial score (nSPS) is 37.9. The molecule has 6 nitrogen and oxygen atoms in total. The van der Waals surface area contributed by atoms with Gasteiger partial charge in [-0.25, -0.2) is 0 Å². The van der Waals surface area contributed by atoms with Crippen LogP contribution in [0.2, 0.25) is 0 Å². The van der Waals surface area contributed by atoms with E-state index in [1.54, 1.807) is 12.4 Å². The highest BCUT2D eigenvalue weighted by atomic mass is 16.5. The molecule has 0 radical (unpaired) electrons. The molecule has 0 aliphatic carbocycles. The van der Waals surface area contributed by atoms with Gasteiger partial charge in [-0.1, -0.05) is 0 Å². The second-order valence-electron chi connectivity index (χ2n) is 7.07. The lowest BCUT2D eigenvalue weighted by Crippen LogP contribution is -2.67. The molecule has 4 heterocycles. The SMILES string of the molecule is Cc1nccnc1CN1C[C@H]2COCC[C@@]2(O)[C@@H]2COCC[C@@H]21. The quantitative estimate of drug-likeness (QED) is 0.869. The molecule has 23 heavy (non-hydrogen) atoms. The Bertz CT molecular complexity index is 570. The average Bonchev–Trinajstić information content (AvgIpc) is 2.58. The zero-order valence-electron chi connectivity index (χ0n) is 13.6.